The smallest absolute Gasteiger partial charge is 0.225 e. The SMILES string of the molecule is COc1ccccc1CNc1cc(-c2ccccc2)nc(NCc2ccccc2)n1. The summed E-state index contributed by atoms with van der Waals surface area (Å²) in [6.45, 7) is 1.26. The maximum Gasteiger partial charge on any atom is 0.225 e. The molecule has 0 aliphatic rings. The zero-order chi connectivity index (χ0) is 20.6. The van der Waals surface area contributed by atoms with Crippen molar-refractivity contribution >= 4 is 11.8 Å². The molecule has 150 valence electrons. The Labute approximate surface area is 176 Å². The quantitative estimate of drug-likeness (QED) is 0.419. The Kier molecular flexibility index (Phi) is 6.20. The van der Waals surface area contributed by atoms with Crippen molar-refractivity contribution in [2.24, 2.45) is 0 Å². The topological polar surface area (TPSA) is 59.1 Å². The van der Waals surface area contributed by atoms with E-state index in [1.54, 1.807) is 7.11 Å². The van der Waals surface area contributed by atoms with Gasteiger partial charge < -0.3 is 15.4 Å². The Bertz CT molecular complexity index is 1080. The van der Waals surface area contributed by atoms with Gasteiger partial charge in [0.1, 0.15) is 11.6 Å². The summed E-state index contributed by atoms with van der Waals surface area (Å²) in [5.41, 5.74) is 4.15. The molecule has 5 heteroatoms. The molecule has 0 fully saturated rings. The first-order valence-corrected chi connectivity index (χ1v) is 9.90. The molecule has 0 saturated carbocycles. The van der Waals surface area contributed by atoms with Gasteiger partial charge in [-0.2, -0.15) is 4.98 Å². The number of hydrogen-bond acceptors (Lipinski definition) is 5. The van der Waals surface area contributed by atoms with Gasteiger partial charge >= 0.3 is 0 Å². The van der Waals surface area contributed by atoms with E-state index in [1.807, 2.05) is 78.9 Å². The van der Waals surface area contributed by atoms with Crippen molar-refractivity contribution in [2.75, 3.05) is 17.7 Å². The average Bonchev–Trinajstić information content (AvgIpc) is 2.83. The average molecular weight is 396 g/mol. The van der Waals surface area contributed by atoms with Crippen LogP contribution >= 0.6 is 0 Å². The van der Waals surface area contributed by atoms with Crippen molar-refractivity contribution < 1.29 is 4.74 Å². The van der Waals surface area contributed by atoms with Gasteiger partial charge in [-0.25, -0.2) is 4.98 Å². The molecule has 0 amide bonds. The van der Waals surface area contributed by atoms with Crippen LogP contribution in [0.2, 0.25) is 0 Å². The van der Waals surface area contributed by atoms with Crippen molar-refractivity contribution in [1.82, 2.24) is 9.97 Å². The fraction of sp³-hybridized carbons (Fsp3) is 0.120. The number of aromatic nitrogens is 2. The van der Waals surface area contributed by atoms with Gasteiger partial charge in [-0.05, 0) is 11.6 Å². The van der Waals surface area contributed by atoms with Crippen LogP contribution in [-0.2, 0) is 13.1 Å². The zero-order valence-corrected chi connectivity index (χ0v) is 16.9. The summed E-state index contributed by atoms with van der Waals surface area (Å²) in [7, 11) is 1.68. The van der Waals surface area contributed by atoms with Crippen molar-refractivity contribution in [3.05, 3.63) is 102 Å². The van der Waals surface area contributed by atoms with Crippen LogP contribution in [0.15, 0.2) is 91.0 Å². The van der Waals surface area contributed by atoms with E-state index < -0.39 is 0 Å². The number of anilines is 2. The van der Waals surface area contributed by atoms with Gasteiger partial charge in [0, 0.05) is 30.3 Å². The fourth-order valence-electron chi connectivity index (χ4n) is 3.19. The first-order valence-electron chi connectivity index (χ1n) is 9.90. The van der Waals surface area contributed by atoms with Gasteiger partial charge in [0.2, 0.25) is 5.95 Å². The number of methoxy groups -OCH3 is 1. The van der Waals surface area contributed by atoms with E-state index in [4.69, 9.17) is 9.72 Å². The van der Waals surface area contributed by atoms with Crippen molar-refractivity contribution in [1.29, 1.82) is 0 Å². The first-order chi connectivity index (χ1) is 14.8. The van der Waals surface area contributed by atoms with Gasteiger partial charge in [-0.15, -0.1) is 0 Å². The molecule has 0 bridgehead atoms. The molecule has 30 heavy (non-hydrogen) atoms. The van der Waals surface area contributed by atoms with Crippen molar-refractivity contribution in [3.63, 3.8) is 0 Å². The lowest BCUT2D eigenvalue weighted by molar-refractivity contribution is 0.410. The van der Waals surface area contributed by atoms with Crippen molar-refractivity contribution in [3.8, 4) is 17.0 Å². The summed E-state index contributed by atoms with van der Waals surface area (Å²) >= 11 is 0. The largest absolute Gasteiger partial charge is 0.496 e. The molecule has 0 unspecified atom stereocenters. The Morgan fingerprint density at radius 3 is 2.20 bits per heavy atom. The van der Waals surface area contributed by atoms with Gasteiger partial charge in [-0.1, -0.05) is 78.9 Å². The molecule has 2 N–H and O–H groups in total. The highest BCUT2D eigenvalue weighted by Crippen LogP contribution is 2.23. The molecule has 3 aromatic carbocycles. The lowest BCUT2D eigenvalue weighted by Crippen LogP contribution is -2.08. The Balaban J connectivity index is 1.58. The molecule has 4 rings (SSSR count). The molecule has 0 spiro atoms. The normalized spacial score (nSPS) is 10.4. The Morgan fingerprint density at radius 2 is 1.43 bits per heavy atom. The predicted molar refractivity (Wildman–Crippen MR) is 122 cm³/mol. The second-order valence-corrected chi connectivity index (χ2v) is 6.83. The minimum atomic E-state index is 0.586. The second-order valence-electron chi connectivity index (χ2n) is 6.83. The summed E-state index contributed by atoms with van der Waals surface area (Å²) in [5.74, 6) is 2.19. The zero-order valence-electron chi connectivity index (χ0n) is 16.9. The number of benzene rings is 3. The highest BCUT2D eigenvalue weighted by atomic mass is 16.5. The van der Waals surface area contributed by atoms with Crippen LogP contribution in [-0.4, -0.2) is 17.1 Å². The maximum atomic E-state index is 5.45. The van der Waals surface area contributed by atoms with E-state index in [0.29, 0.717) is 19.0 Å². The van der Waals surface area contributed by atoms with Gasteiger partial charge in [-0.3, -0.25) is 0 Å². The highest BCUT2D eigenvalue weighted by Gasteiger charge is 2.08. The number of ether oxygens (including phenoxy) is 1. The number of nitrogens with one attached hydrogen (secondary N) is 2. The summed E-state index contributed by atoms with van der Waals surface area (Å²) < 4.78 is 5.45. The van der Waals surface area contributed by atoms with Crippen LogP contribution < -0.4 is 15.4 Å². The molecule has 1 aromatic heterocycles. The molecule has 5 nitrogen and oxygen atoms in total. The number of para-hydroxylation sites is 1. The van der Waals surface area contributed by atoms with Crippen molar-refractivity contribution in [2.45, 2.75) is 13.1 Å². The van der Waals surface area contributed by atoms with Gasteiger partial charge in [0.25, 0.3) is 0 Å². The minimum absolute atomic E-state index is 0.586. The second kappa shape index (κ2) is 9.56. The number of rotatable bonds is 8. The van der Waals surface area contributed by atoms with Crippen LogP contribution in [0.1, 0.15) is 11.1 Å². The summed E-state index contributed by atoms with van der Waals surface area (Å²) in [5, 5.41) is 6.76. The maximum absolute atomic E-state index is 5.45. The molecular formula is C25H24N4O. The Morgan fingerprint density at radius 1 is 0.733 bits per heavy atom. The monoisotopic (exact) mass is 396 g/mol. The van der Waals surface area contributed by atoms with Crippen LogP contribution in [0.3, 0.4) is 0 Å². The molecule has 0 atom stereocenters. The van der Waals surface area contributed by atoms with Crippen LogP contribution in [0.5, 0.6) is 5.75 Å². The van der Waals surface area contributed by atoms with Gasteiger partial charge in [0.05, 0.1) is 12.8 Å². The van der Waals surface area contributed by atoms with Crippen LogP contribution in [0.4, 0.5) is 11.8 Å². The third kappa shape index (κ3) is 4.94. The molecule has 0 aliphatic carbocycles. The lowest BCUT2D eigenvalue weighted by atomic mass is 10.1. The van der Waals surface area contributed by atoms with E-state index >= 15 is 0 Å². The van der Waals surface area contributed by atoms with E-state index in [1.165, 1.54) is 5.56 Å². The third-order valence-electron chi connectivity index (χ3n) is 4.74. The van der Waals surface area contributed by atoms with E-state index in [9.17, 15) is 0 Å². The molecule has 4 aromatic rings. The molecular weight excluding hydrogens is 372 g/mol. The summed E-state index contributed by atoms with van der Waals surface area (Å²) in [6.07, 6.45) is 0. The van der Waals surface area contributed by atoms with Gasteiger partial charge in [0.15, 0.2) is 0 Å². The van der Waals surface area contributed by atoms with E-state index in [2.05, 4.69) is 27.8 Å². The van der Waals surface area contributed by atoms with E-state index in [-0.39, 0.29) is 0 Å². The minimum Gasteiger partial charge on any atom is -0.496 e. The molecule has 0 saturated heterocycles. The standard InChI is InChI=1S/C25H24N4O/c1-30-23-15-9-8-14-21(23)18-26-24-16-22(20-12-6-3-7-13-20)28-25(29-24)27-17-19-10-4-2-5-11-19/h2-16H,17-18H2,1H3,(H2,26,27,28,29). The molecule has 1 heterocycles. The molecule has 0 radical (unpaired) electrons. The predicted octanol–water partition coefficient (Wildman–Crippen LogP) is 5.38. The highest BCUT2D eigenvalue weighted by molar-refractivity contribution is 5.64. The van der Waals surface area contributed by atoms with Crippen LogP contribution in [0.25, 0.3) is 11.3 Å². The van der Waals surface area contributed by atoms with E-state index in [0.717, 1.165) is 28.4 Å². The number of nitrogens with zero attached hydrogens (tertiary/aromatic N) is 2. The van der Waals surface area contributed by atoms with Crippen LogP contribution in [0, 0.1) is 0 Å². The molecule has 0 aliphatic heterocycles. The Hall–Kier alpha value is -3.86. The number of hydrogen-bond donors (Lipinski definition) is 2. The summed E-state index contributed by atoms with van der Waals surface area (Å²) in [6, 6.07) is 30.3. The summed E-state index contributed by atoms with van der Waals surface area (Å²) in [4.78, 5) is 9.39. The first kappa shape index (κ1) is 19.5. The third-order valence-corrected chi connectivity index (χ3v) is 4.74. The fourth-order valence-corrected chi connectivity index (χ4v) is 3.19. The lowest BCUT2D eigenvalue weighted by Gasteiger charge is -2.13.